The van der Waals surface area contributed by atoms with Crippen molar-refractivity contribution < 1.29 is 27.4 Å². The summed E-state index contributed by atoms with van der Waals surface area (Å²) in [4.78, 5) is 25.6. The molecule has 2 saturated heterocycles. The second-order valence-corrected chi connectivity index (χ2v) is 11.0. The Morgan fingerprint density at radius 1 is 1.35 bits per heavy atom. The van der Waals surface area contributed by atoms with Crippen LogP contribution < -0.4 is 0 Å². The van der Waals surface area contributed by atoms with Crippen LogP contribution in [0, 0.1) is 5.82 Å². The second kappa shape index (κ2) is 10.6. The molecule has 0 radical (unpaired) electrons. The fourth-order valence-electron chi connectivity index (χ4n) is 5.55. The van der Waals surface area contributed by atoms with Crippen molar-refractivity contribution >= 4 is 40.3 Å². The third-order valence-corrected chi connectivity index (χ3v) is 8.53. The normalized spacial score (nSPS) is 22.9. The minimum atomic E-state index is -2.83. The number of hydrogen-bond donors (Lipinski definition) is 0. The van der Waals surface area contributed by atoms with Crippen molar-refractivity contribution in [2.75, 3.05) is 33.5 Å². The number of nitrogens with zero attached hydrogens (tertiary/aromatic N) is 6. The quantitative estimate of drug-likeness (QED) is 0.367. The van der Waals surface area contributed by atoms with Gasteiger partial charge in [-0.1, -0.05) is 17.7 Å². The Labute approximate surface area is 236 Å². The van der Waals surface area contributed by atoms with Crippen molar-refractivity contribution in [2.24, 2.45) is 4.99 Å². The number of methoxy groups -OCH3 is 1. The van der Waals surface area contributed by atoms with E-state index in [1.54, 1.807) is 12.3 Å². The fourth-order valence-corrected chi connectivity index (χ4v) is 6.47. The maximum atomic E-state index is 14.0. The number of carbonyl (C=O) groups is 1. The summed E-state index contributed by atoms with van der Waals surface area (Å²) in [7, 11) is 1.35. The predicted molar refractivity (Wildman–Crippen MR) is 141 cm³/mol. The van der Waals surface area contributed by atoms with Crippen LogP contribution >= 0.6 is 22.9 Å². The molecule has 2 fully saturated rings. The lowest BCUT2D eigenvalue weighted by atomic mass is 9.90. The highest BCUT2D eigenvalue weighted by atomic mass is 35.5. The minimum Gasteiger partial charge on any atom is -0.469 e. The average Bonchev–Trinajstić information content (AvgIpc) is 3.74. The SMILES string of the molecule is COC(=O)CCN1COC[C@@]12CC1=C(c3ccn(C(F)F)n3)[C@H](c3ccc(F)cc3Cl)N=C(c3nccs3)N1C2. The first-order valence-corrected chi connectivity index (χ1v) is 13.7. The second-order valence-electron chi connectivity index (χ2n) is 9.73. The number of aliphatic imine (C=N–C) groups is 1. The van der Waals surface area contributed by atoms with E-state index in [1.807, 2.05) is 10.3 Å². The zero-order chi connectivity index (χ0) is 28.0. The molecule has 0 aliphatic carbocycles. The number of amidine groups is 1. The van der Waals surface area contributed by atoms with Crippen LogP contribution in [0.5, 0.6) is 0 Å². The molecule has 2 atom stereocenters. The van der Waals surface area contributed by atoms with Crippen molar-refractivity contribution in [2.45, 2.75) is 31.0 Å². The summed E-state index contributed by atoms with van der Waals surface area (Å²) >= 11 is 7.95. The zero-order valence-electron chi connectivity index (χ0n) is 21.3. The number of fused-ring (bicyclic) bond motifs is 1. The lowest BCUT2D eigenvalue weighted by molar-refractivity contribution is -0.141. The van der Waals surface area contributed by atoms with E-state index >= 15 is 0 Å². The van der Waals surface area contributed by atoms with Crippen molar-refractivity contribution in [3.63, 3.8) is 0 Å². The fraction of sp³-hybridized carbons (Fsp3) is 0.385. The van der Waals surface area contributed by atoms with Gasteiger partial charge in [0.15, 0.2) is 10.8 Å². The van der Waals surface area contributed by atoms with Gasteiger partial charge in [-0.15, -0.1) is 11.3 Å². The molecule has 210 valence electrons. The molecule has 3 aromatic rings. The van der Waals surface area contributed by atoms with E-state index in [0.717, 1.165) is 5.70 Å². The molecule has 5 heterocycles. The Bertz CT molecular complexity index is 1500. The van der Waals surface area contributed by atoms with Crippen molar-refractivity contribution in [3.8, 4) is 0 Å². The van der Waals surface area contributed by atoms with Gasteiger partial charge in [0.05, 0.1) is 38.1 Å². The Morgan fingerprint density at radius 2 is 2.20 bits per heavy atom. The van der Waals surface area contributed by atoms with Gasteiger partial charge in [0.1, 0.15) is 11.9 Å². The molecule has 1 spiro atoms. The number of halogens is 4. The Hall–Kier alpha value is -3.26. The molecular formula is C26H24ClF3N6O3S. The number of aromatic nitrogens is 3. The zero-order valence-corrected chi connectivity index (χ0v) is 22.8. The topological polar surface area (TPSA) is 85.1 Å². The van der Waals surface area contributed by atoms with Gasteiger partial charge in [0.2, 0.25) is 0 Å². The van der Waals surface area contributed by atoms with Gasteiger partial charge >= 0.3 is 12.5 Å². The molecule has 9 nitrogen and oxygen atoms in total. The maximum absolute atomic E-state index is 14.0. The summed E-state index contributed by atoms with van der Waals surface area (Å²) in [6.45, 7) is -1.23. The van der Waals surface area contributed by atoms with Gasteiger partial charge in [-0.2, -0.15) is 13.9 Å². The summed E-state index contributed by atoms with van der Waals surface area (Å²) in [5.41, 5.74) is 1.68. The molecule has 2 aromatic heterocycles. The van der Waals surface area contributed by atoms with Crippen molar-refractivity contribution in [1.29, 1.82) is 0 Å². The molecule has 0 bridgehead atoms. The molecule has 0 N–H and O–H groups in total. The van der Waals surface area contributed by atoms with Gasteiger partial charge in [-0.05, 0) is 18.2 Å². The Morgan fingerprint density at radius 3 is 2.90 bits per heavy atom. The lowest BCUT2D eigenvalue weighted by Gasteiger charge is -2.33. The molecule has 0 saturated carbocycles. The molecule has 0 unspecified atom stereocenters. The first-order chi connectivity index (χ1) is 19.3. The molecular weight excluding hydrogens is 569 g/mol. The lowest BCUT2D eigenvalue weighted by Crippen LogP contribution is -2.49. The van der Waals surface area contributed by atoms with Crippen LogP contribution in [-0.2, 0) is 14.3 Å². The maximum Gasteiger partial charge on any atom is 0.333 e. The third kappa shape index (κ3) is 4.70. The van der Waals surface area contributed by atoms with Gasteiger partial charge in [-0.3, -0.25) is 14.7 Å². The largest absolute Gasteiger partial charge is 0.469 e. The summed E-state index contributed by atoms with van der Waals surface area (Å²) in [6.07, 6.45) is 3.55. The van der Waals surface area contributed by atoms with Crippen LogP contribution in [0.1, 0.15) is 41.7 Å². The highest BCUT2D eigenvalue weighted by Crippen LogP contribution is 2.50. The smallest absolute Gasteiger partial charge is 0.333 e. The molecule has 1 aromatic carbocycles. The van der Waals surface area contributed by atoms with E-state index in [0.29, 0.717) is 65.2 Å². The molecule has 0 amide bonds. The Balaban J connectivity index is 1.52. The van der Waals surface area contributed by atoms with Gasteiger partial charge in [0, 0.05) is 59.1 Å². The molecule has 3 aliphatic rings. The van der Waals surface area contributed by atoms with Crippen molar-refractivity contribution in [1.82, 2.24) is 24.6 Å². The number of carbonyl (C=O) groups excluding carboxylic acids is 1. The summed E-state index contributed by atoms with van der Waals surface area (Å²) in [5, 5.41) is 6.85. The van der Waals surface area contributed by atoms with Crippen LogP contribution in [0.3, 0.4) is 0 Å². The standard InChI is InChI=1S/C26H24ClF3N6O3S/c1-38-20(37)5-7-34-14-39-13-26(34)11-19-21(18-4-8-36(33-18)25(29)30)22(16-3-2-15(28)10-17(16)27)32-23(35(19)12-26)24-31-6-9-40-24/h2-4,6,8-10,22,25H,5,7,11-14H2,1H3/t22-,26-/m0/s1. The number of hydrogen-bond acceptors (Lipinski definition) is 9. The Kier molecular flexibility index (Phi) is 7.15. The van der Waals surface area contributed by atoms with Gasteiger partial charge < -0.3 is 14.4 Å². The molecule has 3 aliphatic heterocycles. The highest BCUT2D eigenvalue weighted by molar-refractivity contribution is 7.11. The molecule has 40 heavy (non-hydrogen) atoms. The summed E-state index contributed by atoms with van der Waals surface area (Å²) in [5.74, 6) is -0.244. The van der Waals surface area contributed by atoms with E-state index in [4.69, 9.17) is 26.1 Å². The number of thiazole rings is 1. The average molecular weight is 593 g/mol. The van der Waals surface area contributed by atoms with Crippen molar-refractivity contribution in [3.05, 3.63) is 74.8 Å². The van der Waals surface area contributed by atoms with E-state index in [2.05, 4.69) is 15.0 Å². The van der Waals surface area contributed by atoms with E-state index in [-0.39, 0.29) is 17.4 Å². The number of benzene rings is 1. The number of ether oxygens (including phenoxy) is 2. The van der Waals surface area contributed by atoms with Gasteiger partial charge in [-0.25, -0.2) is 14.1 Å². The number of esters is 1. The molecule has 14 heteroatoms. The monoisotopic (exact) mass is 592 g/mol. The van der Waals surface area contributed by atoms with Crippen LogP contribution in [0.15, 0.2) is 52.7 Å². The first kappa shape index (κ1) is 26.9. The van der Waals surface area contributed by atoms with E-state index in [9.17, 15) is 18.0 Å². The predicted octanol–water partition coefficient (Wildman–Crippen LogP) is 4.74. The minimum absolute atomic E-state index is 0.156. The first-order valence-electron chi connectivity index (χ1n) is 12.5. The summed E-state index contributed by atoms with van der Waals surface area (Å²) in [6, 6.07) is 4.81. The molecule has 6 rings (SSSR count). The number of alkyl halides is 2. The van der Waals surface area contributed by atoms with Crippen LogP contribution in [0.2, 0.25) is 5.02 Å². The summed E-state index contributed by atoms with van der Waals surface area (Å²) < 4.78 is 52.5. The van der Waals surface area contributed by atoms with E-state index in [1.165, 1.54) is 42.8 Å². The van der Waals surface area contributed by atoms with Crippen LogP contribution in [-0.4, -0.2) is 75.4 Å². The van der Waals surface area contributed by atoms with E-state index < -0.39 is 23.9 Å². The number of rotatable bonds is 7. The van der Waals surface area contributed by atoms with Crippen LogP contribution in [0.4, 0.5) is 13.2 Å². The third-order valence-electron chi connectivity index (χ3n) is 7.43. The van der Waals surface area contributed by atoms with Crippen LogP contribution in [0.25, 0.3) is 5.57 Å². The highest BCUT2D eigenvalue weighted by Gasteiger charge is 2.53. The van der Waals surface area contributed by atoms with Gasteiger partial charge in [0.25, 0.3) is 0 Å².